The number of amides is 1. The lowest BCUT2D eigenvalue weighted by Gasteiger charge is -2.29. The number of carbonyl (C=O) groups excluding carboxylic acids is 1. The first-order valence-electron chi connectivity index (χ1n) is 10.5. The molecule has 0 saturated heterocycles. The Morgan fingerprint density at radius 2 is 1.73 bits per heavy atom. The van der Waals surface area contributed by atoms with Gasteiger partial charge in [-0.15, -0.1) is 0 Å². The molecule has 2 aromatic rings. The molecule has 1 aromatic carbocycles. The molecule has 8 heteroatoms. The van der Waals surface area contributed by atoms with E-state index in [1.807, 2.05) is 32.9 Å². The quantitative estimate of drug-likeness (QED) is 0.709. The van der Waals surface area contributed by atoms with Crippen molar-refractivity contribution in [1.29, 1.82) is 0 Å². The summed E-state index contributed by atoms with van der Waals surface area (Å²) in [7, 11) is -3.83. The van der Waals surface area contributed by atoms with E-state index in [0.29, 0.717) is 28.3 Å². The molecule has 0 aliphatic heterocycles. The Hall–Kier alpha value is -2.19. The molecule has 1 N–H and O–H groups in total. The monoisotopic (exact) mass is 433 g/mol. The van der Waals surface area contributed by atoms with Gasteiger partial charge in [-0.25, -0.2) is 8.42 Å². The van der Waals surface area contributed by atoms with Crippen LogP contribution in [0.25, 0.3) is 0 Å². The fraction of sp³-hybridized carbons (Fsp3) is 0.545. The predicted molar refractivity (Wildman–Crippen MR) is 116 cm³/mol. The van der Waals surface area contributed by atoms with Gasteiger partial charge in [-0.1, -0.05) is 42.1 Å². The summed E-state index contributed by atoms with van der Waals surface area (Å²) in [5.74, 6) is 0.699. The van der Waals surface area contributed by atoms with Gasteiger partial charge in [-0.05, 0) is 57.6 Å². The van der Waals surface area contributed by atoms with Crippen molar-refractivity contribution >= 4 is 21.7 Å². The average molecular weight is 434 g/mol. The van der Waals surface area contributed by atoms with Gasteiger partial charge in [0.25, 0.3) is 0 Å². The maximum absolute atomic E-state index is 13.7. The summed E-state index contributed by atoms with van der Waals surface area (Å²) >= 11 is 0. The molecular weight excluding hydrogens is 402 g/mol. The number of aryl methyl sites for hydroxylation is 4. The minimum atomic E-state index is -3.83. The number of benzene rings is 1. The third kappa shape index (κ3) is 5.29. The van der Waals surface area contributed by atoms with Crippen molar-refractivity contribution in [2.24, 2.45) is 5.92 Å². The molecule has 0 atom stereocenters. The van der Waals surface area contributed by atoms with Crippen LogP contribution in [0.5, 0.6) is 0 Å². The van der Waals surface area contributed by atoms with E-state index in [1.165, 1.54) is 10.7 Å². The number of nitrogens with one attached hydrogen (secondary N) is 1. The van der Waals surface area contributed by atoms with Gasteiger partial charge in [-0.2, -0.15) is 4.31 Å². The first kappa shape index (κ1) is 22.5. The Kier molecular flexibility index (Phi) is 6.98. The molecule has 0 spiro atoms. The molecule has 1 fully saturated rings. The molecule has 0 bridgehead atoms. The molecule has 1 saturated carbocycles. The van der Waals surface area contributed by atoms with E-state index in [1.54, 1.807) is 13.0 Å². The van der Waals surface area contributed by atoms with Crippen LogP contribution < -0.4 is 5.32 Å². The number of anilines is 1. The largest absolute Gasteiger partial charge is 0.360 e. The molecule has 1 amide bonds. The first-order valence-corrected chi connectivity index (χ1v) is 11.9. The summed E-state index contributed by atoms with van der Waals surface area (Å²) in [5, 5.41) is 6.40. The second-order valence-corrected chi connectivity index (χ2v) is 10.3. The van der Waals surface area contributed by atoms with Crippen LogP contribution in [0.3, 0.4) is 0 Å². The highest BCUT2D eigenvalue weighted by Gasteiger charge is 2.32. The average Bonchev–Trinajstić information content (AvgIpc) is 3.05. The minimum absolute atomic E-state index is 0.252. The number of rotatable bonds is 7. The zero-order valence-electron chi connectivity index (χ0n) is 18.2. The van der Waals surface area contributed by atoms with Crippen LogP contribution in [-0.2, 0) is 14.8 Å². The van der Waals surface area contributed by atoms with Crippen LogP contribution in [0.2, 0.25) is 0 Å². The van der Waals surface area contributed by atoms with Gasteiger partial charge < -0.3 is 9.84 Å². The highest BCUT2D eigenvalue weighted by atomic mass is 32.2. The van der Waals surface area contributed by atoms with Crippen LogP contribution in [0.1, 0.15) is 54.6 Å². The van der Waals surface area contributed by atoms with Crippen molar-refractivity contribution in [3.05, 3.63) is 40.6 Å². The van der Waals surface area contributed by atoms with Crippen molar-refractivity contribution in [3.63, 3.8) is 0 Å². The number of nitrogens with zero attached hydrogens (tertiary/aromatic N) is 2. The lowest BCUT2D eigenvalue weighted by atomic mass is 9.89. The zero-order chi connectivity index (χ0) is 21.9. The third-order valence-electron chi connectivity index (χ3n) is 5.60. The summed E-state index contributed by atoms with van der Waals surface area (Å²) in [5.41, 5.74) is 2.42. The zero-order valence-corrected chi connectivity index (χ0v) is 19.0. The number of carbonyl (C=O) groups is 1. The summed E-state index contributed by atoms with van der Waals surface area (Å²) in [6.07, 6.45) is 5.37. The molecule has 1 aliphatic rings. The van der Waals surface area contributed by atoms with Crippen LogP contribution >= 0.6 is 0 Å². The van der Waals surface area contributed by atoms with E-state index in [2.05, 4.69) is 10.5 Å². The number of aromatic nitrogens is 1. The van der Waals surface area contributed by atoms with Gasteiger partial charge in [0.05, 0.1) is 11.4 Å². The Morgan fingerprint density at radius 1 is 1.10 bits per heavy atom. The summed E-state index contributed by atoms with van der Waals surface area (Å²) in [4.78, 5) is 13.0. The number of hydrogen-bond donors (Lipinski definition) is 1. The molecule has 3 rings (SSSR count). The van der Waals surface area contributed by atoms with Crippen molar-refractivity contribution in [3.8, 4) is 0 Å². The fourth-order valence-corrected chi connectivity index (χ4v) is 6.26. The molecule has 1 aromatic heterocycles. The number of hydrogen-bond acceptors (Lipinski definition) is 5. The van der Waals surface area contributed by atoms with E-state index >= 15 is 0 Å². The molecule has 164 valence electrons. The summed E-state index contributed by atoms with van der Waals surface area (Å²) < 4.78 is 33.6. The van der Waals surface area contributed by atoms with Crippen LogP contribution in [0, 0.1) is 33.6 Å². The van der Waals surface area contributed by atoms with Crippen molar-refractivity contribution in [2.75, 3.05) is 18.4 Å². The highest BCUT2D eigenvalue weighted by molar-refractivity contribution is 7.89. The van der Waals surface area contributed by atoms with Crippen LogP contribution in [-0.4, -0.2) is 36.9 Å². The molecule has 1 heterocycles. The molecule has 0 unspecified atom stereocenters. The topological polar surface area (TPSA) is 92.5 Å². The lowest BCUT2D eigenvalue weighted by molar-refractivity contribution is -0.116. The van der Waals surface area contributed by atoms with E-state index in [-0.39, 0.29) is 18.3 Å². The van der Waals surface area contributed by atoms with E-state index in [4.69, 9.17) is 4.52 Å². The van der Waals surface area contributed by atoms with Crippen molar-refractivity contribution in [2.45, 2.75) is 64.7 Å². The second kappa shape index (κ2) is 9.31. The van der Waals surface area contributed by atoms with Crippen molar-refractivity contribution in [1.82, 2.24) is 9.46 Å². The molecular formula is C22H31N3O4S. The fourth-order valence-electron chi connectivity index (χ4n) is 4.38. The highest BCUT2D eigenvalue weighted by Crippen LogP contribution is 2.29. The van der Waals surface area contributed by atoms with E-state index < -0.39 is 15.9 Å². The van der Waals surface area contributed by atoms with Crippen LogP contribution in [0.4, 0.5) is 5.82 Å². The van der Waals surface area contributed by atoms with Gasteiger partial charge in [0.15, 0.2) is 5.82 Å². The Labute approximate surface area is 178 Å². The third-order valence-corrected chi connectivity index (χ3v) is 7.72. The standard InChI is InChI=1S/C22H31N3O4S/c1-15-10-16(2)22(17(3)11-15)30(27,28)25(13-19-8-6-5-7-9-19)14-21(26)23-20-12-18(4)29-24-20/h10-12,19H,5-9,13-14H2,1-4H3,(H,23,24,26). The molecule has 7 nitrogen and oxygen atoms in total. The van der Waals surface area contributed by atoms with Crippen LogP contribution in [0.15, 0.2) is 27.6 Å². The first-order chi connectivity index (χ1) is 14.2. The normalized spacial score (nSPS) is 15.5. The predicted octanol–water partition coefficient (Wildman–Crippen LogP) is 4.12. The Morgan fingerprint density at radius 3 is 2.30 bits per heavy atom. The maximum atomic E-state index is 13.7. The summed E-state index contributed by atoms with van der Waals surface area (Å²) in [6, 6.07) is 5.35. The molecule has 1 aliphatic carbocycles. The molecule has 30 heavy (non-hydrogen) atoms. The smallest absolute Gasteiger partial charge is 0.244 e. The van der Waals surface area contributed by atoms with Crippen molar-refractivity contribution < 1.29 is 17.7 Å². The van der Waals surface area contributed by atoms with Gasteiger partial charge in [0.1, 0.15) is 5.76 Å². The van der Waals surface area contributed by atoms with E-state index in [9.17, 15) is 13.2 Å². The van der Waals surface area contributed by atoms with Gasteiger partial charge in [0, 0.05) is 12.6 Å². The lowest BCUT2D eigenvalue weighted by Crippen LogP contribution is -2.41. The van der Waals surface area contributed by atoms with Gasteiger partial charge >= 0.3 is 0 Å². The van der Waals surface area contributed by atoms with E-state index in [0.717, 1.165) is 31.2 Å². The van der Waals surface area contributed by atoms with Gasteiger partial charge in [0.2, 0.25) is 15.9 Å². The Bertz CT molecular complexity index is 984. The number of sulfonamides is 1. The Balaban J connectivity index is 1.88. The second-order valence-electron chi connectivity index (χ2n) is 8.40. The molecule has 0 radical (unpaired) electrons. The minimum Gasteiger partial charge on any atom is -0.360 e. The maximum Gasteiger partial charge on any atom is 0.244 e. The summed E-state index contributed by atoms with van der Waals surface area (Å²) in [6.45, 7) is 7.39. The SMILES string of the molecule is Cc1cc(C)c(S(=O)(=O)N(CC(=O)Nc2cc(C)on2)CC2CCCCC2)c(C)c1. The van der Waals surface area contributed by atoms with Gasteiger partial charge in [-0.3, -0.25) is 4.79 Å².